The Balaban J connectivity index is 1.76. The second-order valence-corrected chi connectivity index (χ2v) is 6.46. The number of hydrogen-bond acceptors (Lipinski definition) is 5. The van der Waals surface area contributed by atoms with E-state index >= 15 is 0 Å². The van der Waals surface area contributed by atoms with Crippen LogP contribution >= 0.6 is 0 Å². The summed E-state index contributed by atoms with van der Waals surface area (Å²) in [5.41, 5.74) is 4.73. The van der Waals surface area contributed by atoms with Crippen LogP contribution in [0.4, 0.5) is 0 Å². The predicted octanol–water partition coefficient (Wildman–Crippen LogP) is 2.77. The Labute approximate surface area is 141 Å². The summed E-state index contributed by atoms with van der Waals surface area (Å²) in [6.45, 7) is 1.78. The van der Waals surface area contributed by atoms with Gasteiger partial charge in [0.1, 0.15) is 0 Å². The van der Waals surface area contributed by atoms with Crippen molar-refractivity contribution in [2.75, 3.05) is 20.8 Å². The molecule has 0 saturated carbocycles. The van der Waals surface area contributed by atoms with Crippen molar-refractivity contribution in [2.45, 2.75) is 25.4 Å². The van der Waals surface area contributed by atoms with Gasteiger partial charge in [-0.2, -0.15) is 0 Å². The molecule has 0 fully saturated rings. The van der Waals surface area contributed by atoms with Crippen LogP contribution in [0.5, 0.6) is 23.0 Å². The summed E-state index contributed by atoms with van der Waals surface area (Å²) < 4.78 is 10.5. The maximum atomic E-state index is 10.1. The number of benzene rings is 2. The number of phenolic OH excluding ortho intramolecular Hbond substituents is 2. The summed E-state index contributed by atoms with van der Waals surface area (Å²) in [6, 6.07) is 7.77. The molecule has 126 valence electrons. The van der Waals surface area contributed by atoms with Crippen LogP contribution in [0.25, 0.3) is 0 Å². The zero-order valence-corrected chi connectivity index (χ0v) is 13.9. The van der Waals surface area contributed by atoms with Crippen molar-refractivity contribution in [1.82, 2.24) is 4.90 Å². The third kappa shape index (κ3) is 2.27. The molecule has 5 nitrogen and oxygen atoms in total. The minimum Gasteiger partial charge on any atom is -0.504 e. The van der Waals surface area contributed by atoms with E-state index in [-0.39, 0.29) is 17.5 Å². The average Bonchev–Trinajstić information content (AvgIpc) is 2.59. The molecule has 0 bridgehead atoms. The fraction of sp³-hybridized carbons (Fsp3) is 0.368. The molecular formula is C19H21NO4. The lowest BCUT2D eigenvalue weighted by atomic mass is 9.83. The van der Waals surface area contributed by atoms with Gasteiger partial charge < -0.3 is 19.7 Å². The quantitative estimate of drug-likeness (QED) is 0.888. The molecule has 2 heterocycles. The van der Waals surface area contributed by atoms with Gasteiger partial charge in [-0.25, -0.2) is 0 Å². The zero-order valence-electron chi connectivity index (χ0n) is 13.9. The molecule has 0 amide bonds. The highest BCUT2D eigenvalue weighted by Crippen LogP contribution is 2.43. The minimum atomic E-state index is 0.184. The molecule has 1 atom stereocenters. The number of nitrogens with zero attached hydrogens (tertiary/aromatic N) is 1. The van der Waals surface area contributed by atoms with Gasteiger partial charge in [0.05, 0.1) is 14.2 Å². The third-order valence-electron chi connectivity index (χ3n) is 5.20. The van der Waals surface area contributed by atoms with Gasteiger partial charge in [0.2, 0.25) is 0 Å². The molecule has 24 heavy (non-hydrogen) atoms. The van der Waals surface area contributed by atoms with Crippen LogP contribution in [0.15, 0.2) is 24.3 Å². The first kappa shape index (κ1) is 15.1. The molecule has 0 saturated heterocycles. The van der Waals surface area contributed by atoms with Gasteiger partial charge in [-0.15, -0.1) is 0 Å². The predicted molar refractivity (Wildman–Crippen MR) is 89.9 cm³/mol. The molecule has 2 aliphatic heterocycles. The minimum absolute atomic E-state index is 0.184. The summed E-state index contributed by atoms with van der Waals surface area (Å²) in [7, 11) is 3.14. The van der Waals surface area contributed by atoms with Crippen LogP contribution < -0.4 is 9.47 Å². The average molecular weight is 327 g/mol. The molecule has 0 aromatic heterocycles. The number of ether oxygens (including phenoxy) is 2. The van der Waals surface area contributed by atoms with Gasteiger partial charge >= 0.3 is 0 Å². The van der Waals surface area contributed by atoms with Gasteiger partial charge in [-0.3, -0.25) is 4.90 Å². The molecule has 4 rings (SSSR count). The van der Waals surface area contributed by atoms with Gasteiger partial charge in [-0.1, -0.05) is 0 Å². The fourth-order valence-electron chi connectivity index (χ4n) is 3.94. The summed E-state index contributed by atoms with van der Waals surface area (Å²) in [4.78, 5) is 2.44. The van der Waals surface area contributed by atoms with Crippen LogP contribution in [-0.2, 0) is 19.4 Å². The molecular weight excluding hydrogens is 306 g/mol. The highest BCUT2D eigenvalue weighted by atomic mass is 16.5. The maximum absolute atomic E-state index is 10.1. The lowest BCUT2D eigenvalue weighted by Crippen LogP contribution is -2.39. The number of hydrogen-bond donors (Lipinski definition) is 2. The smallest absolute Gasteiger partial charge is 0.160 e. The second kappa shape index (κ2) is 5.60. The Morgan fingerprint density at radius 1 is 0.917 bits per heavy atom. The number of aromatic hydroxyl groups is 2. The number of rotatable bonds is 2. The molecule has 2 N–H and O–H groups in total. The van der Waals surface area contributed by atoms with Crippen molar-refractivity contribution in [3.8, 4) is 23.0 Å². The van der Waals surface area contributed by atoms with Crippen molar-refractivity contribution < 1.29 is 19.7 Å². The molecule has 0 aliphatic carbocycles. The summed E-state index contributed by atoms with van der Waals surface area (Å²) >= 11 is 0. The first-order valence-electron chi connectivity index (χ1n) is 8.13. The van der Waals surface area contributed by atoms with Gasteiger partial charge in [0, 0.05) is 19.1 Å². The SMILES string of the molecule is COc1cc2c(cc1O)C[C@@H]1c3cc(OC)c(O)cc3CCN1C2. The molecule has 0 radical (unpaired) electrons. The van der Waals surface area contributed by atoms with Gasteiger partial charge in [0.15, 0.2) is 23.0 Å². The van der Waals surface area contributed by atoms with Crippen LogP contribution in [0.1, 0.15) is 28.3 Å². The van der Waals surface area contributed by atoms with Crippen molar-refractivity contribution in [3.05, 3.63) is 46.5 Å². The number of phenols is 2. The van der Waals surface area contributed by atoms with Crippen LogP contribution in [0, 0.1) is 0 Å². The molecule has 0 unspecified atom stereocenters. The molecule has 2 aliphatic rings. The largest absolute Gasteiger partial charge is 0.504 e. The summed E-state index contributed by atoms with van der Waals surface area (Å²) in [5.74, 6) is 1.42. The van der Waals surface area contributed by atoms with E-state index in [0.717, 1.165) is 31.5 Å². The third-order valence-corrected chi connectivity index (χ3v) is 5.20. The zero-order chi connectivity index (χ0) is 16.8. The molecule has 2 aromatic rings. The normalized spacial score (nSPS) is 19.2. The van der Waals surface area contributed by atoms with E-state index in [0.29, 0.717) is 11.5 Å². The van der Waals surface area contributed by atoms with Crippen LogP contribution in [-0.4, -0.2) is 35.9 Å². The highest BCUT2D eigenvalue weighted by Gasteiger charge is 2.33. The lowest BCUT2D eigenvalue weighted by Gasteiger charge is -2.41. The van der Waals surface area contributed by atoms with Gasteiger partial charge in [0.25, 0.3) is 0 Å². The van der Waals surface area contributed by atoms with E-state index in [1.165, 1.54) is 16.7 Å². The molecule has 5 heteroatoms. The lowest BCUT2D eigenvalue weighted by molar-refractivity contribution is 0.160. The van der Waals surface area contributed by atoms with Crippen molar-refractivity contribution >= 4 is 0 Å². The Hall–Kier alpha value is -2.40. The van der Waals surface area contributed by atoms with E-state index < -0.39 is 0 Å². The monoisotopic (exact) mass is 327 g/mol. The topological polar surface area (TPSA) is 62.2 Å². The number of fused-ring (bicyclic) bond motifs is 4. The molecule has 2 aromatic carbocycles. The standard InChI is InChI=1S/C19H21NO4/c1-23-18-8-13-10-20-4-3-11-6-16(21)19(24-2)9-14(11)15(20)5-12(13)7-17(18)22/h6-9,15,21-22H,3-5,10H2,1-2H3/t15-/m1/s1. The van der Waals surface area contributed by atoms with E-state index in [9.17, 15) is 10.2 Å². The van der Waals surface area contributed by atoms with Crippen molar-refractivity contribution in [1.29, 1.82) is 0 Å². The second-order valence-electron chi connectivity index (χ2n) is 6.46. The van der Waals surface area contributed by atoms with E-state index in [1.807, 2.05) is 24.3 Å². The van der Waals surface area contributed by atoms with E-state index in [2.05, 4.69) is 4.90 Å². The Kier molecular flexibility index (Phi) is 3.53. The first-order valence-corrected chi connectivity index (χ1v) is 8.13. The summed E-state index contributed by atoms with van der Waals surface area (Å²) in [5, 5.41) is 20.1. The van der Waals surface area contributed by atoms with Crippen LogP contribution in [0.2, 0.25) is 0 Å². The van der Waals surface area contributed by atoms with Crippen molar-refractivity contribution in [3.63, 3.8) is 0 Å². The highest BCUT2D eigenvalue weighted by molar-refractivity contribution is 5.52. The summed E-state index contributed by atoms with van der Waals surface area (Å²) in [6.07, 6.45) is 1.74. The fourth-order valence-corrected chi connectivity index (χ4v) is 3.94. The van der Waals surface area contributed by atoms with E-state index in [4.69, 9.17) is 9.47 Å². The number of methoxy groups -OCH3 is 2. The Morgan fingerprint density at radius 3 is 2.29 bits per heavy atom. The van der Waals surface area contributed by atoms with Crippen LogP contribution in [0.3, 0.4) is 0 Å². The first-order chi connectivity index (χ1) is 11.6. The molecule has 0 spiro atoms. The van der Waals surface area contributed by atoms with E-state index in [1.54, 1.807) is 14.2 Å². The Morgan fingerprint density at radius 2 is 1.58 bits per heavy atom. The van der Waals surface area contributed by atoms with Crippen molar-refractivity contribution in [2.24, 2.45) is 0 Å². The maximum Gasteiger partial charge on any atom is 0.160 e. The Bertz CT molecular complexity index is 802. The van der Waals surface area contributed by atoms with Gasteiger partial charge in [-0.05, 0) is 59.4 Å².